The first-order chi connectivity index (χ1) is 16.1. The lowest BCUT2D eigenvalue weighted by Crippen LogP contribution is -2.46. The molecular weight excluding hydrogens is 412 g/mol. The average molecular weight is 439 g/mol. The van der Waals surface area contributed by atoms with Crippen molar-refractivity contribution < 1.29 is 9.90 Å². The zero-order valence-corrected chi connectivity index (χ0v) is 18.3. The van der Waals surface area contributed by atoms with Gasteiger partial charge in [0.25, 0.3) is 5.91 Å². The van der Waals surface area contributed by atoms with Gasteiger partial charge in [-0.15, -0.1) is 0 Å². The molecule has 0 bridgehead atoms. The number of benzene rings is 3. The Kier molecular flexibility index (Phi) is 7.03. The van der Waals surface area contributed by atoms with E-state index in [-0.39, 0.29) is 17.4 Å². The minimum Gasteiger partial charge on any atom is -0.508 e. The molecule has 1 saturated heterocycles. The van der Waals surface area contributed by atoms with Gasteiger partial charge in [-0.2, -0.15) is 5.26 Å². The Bertz CT molecular complexity index is 1090. The molecule has 0 aliphatic carbocycles. The van der Waals surface area contributed by atoms with Crippen LogP contribution in [0.25, 0.3) is 0 Å². The number of piperazine rings is 1. The van der Waals surface area contributed by atoms with E-state index in [0.29, 0.717) is 18.8 Å². The maximum Gasteiger partial charge on any atom is 0.267 e. The highest BCUT2D eigenvalue weighted by Crippen LogP contribution is 2.29. The fraction of sp³-hybridized carbons (Fsp3) is 0.185. The molecule has 166 valence electrons. The van der Waals surface area contributed by atoms with Crippen LogP contribution in [-0.2, 0) is 4.79 Å². The van der Waals surface area contributed by atoms with Crippen LogP contribution in [-0.4, -0.2) is 47.0 Å². The van der Waals surface area contributed by atoms with Gasteiger partial charge in [0.15, 0.2) is 0 Å². The van der Waals surface area contributed by atoms with E-state index in [0.717, 1.165) is 13.1 Å². The molecular formula is C27H26N4O2. The minimum atomic E-state index is -0.461. The van der Waals surface area contributed by atoms with Gasteiger partial charge >= 0.3 is 0 Å². The van der Waals surface area contributed by atoms with Crippen LogP contribution >= 0.6 is 0 Å². The lowest BCUT2D eigenvalue weighted by atomic mass is 9.96. The maximum absolute atomic E-state index is 12.5. The summed E-state index contributed by atoms with van der Waals surface area (Å²) in [4.78, 5) is 17.0. The zero-order chi connectivity index (χ0) is 23.0. The second-order valence-electron chi connectivity index (χ2n) is 7.95. The second-order valence-corrected chi connectivity index (χ2v) is 7.95. The Balaban J connectivity index is 1.44. The van der Waals surface area contributed by atoms with Crippen molar-refractivity contribution in [3.8, 4) is 11.8 Å². The molecule has 0 spiro atoms. The highest BCUT2D eigenvalue weighted by molar-refractivity contribution is 6.06. The highest BCUT2D eigenvalue weighted by atomic mass is 16.3. The second kappa shape index (κ2) is 10.5. The summed E-state index contributed by atoms with van der Waals surface area (Å²) in [5.74, 6) is -0.344. The van der Waals surface area contributed by atoms with Gasteiger partial charge in [0.05, 0.1) is 6.04 Å². The monoisotopic (exact) mass is 438 g/mol. The number of nitrogens with one attached hydrogen (secondary N) is 1. The summed E-state index contributed by atoms with van der Waals surface area (Å²) in [7, 11) is 0. The molecule has 0 atom stereocenters. The summed E-state index contributed by atoms with van der Waals surface area (Å²) < 4.78 is 0. The van der Waals surface area contributed by atoms with Gasteiger partial charge < -0.3 is 15.3 Å². The number of anilines is 1. The largest absolute Gasteiger partial charge is 0.508 e. The number of amides is 1. The first kappa shape index (κ1) is 22.1. The number of aromatic hydroxyl groups is 1. The molecule has 1 heterocycles. The Hall–Kier alpha value is -4.08. The number of rotatable bonds is 6. The third kappa shape index (κ3) is 5.59. The Morgan fingerprint density at radius 3 is 1.94 bits per heavy atom. The van der Waals surface area contributed by atoms with Gasteiger partial charge in [-0.25, -0.2) is 0 Å². The quantitative estimate of drug-likeness (QED) is 0.343. The van der Waals surface area contributed by atoms with Gasteiger partial charge in [0.1, 0.15) is 17.4 Å². The van der Waals surface area contributed by atoms with E-state index in [1.807, 2.05) is 23.1 Å². The molecule has 1 aliphatic rings. The Morgan fingerprint density at radius 2 is 1.42 bits per heavy atom. The zero-order valence-electron chi connectivity index (χ0n) is 18.3. The molecule has 6 heteroatoms. The van der Waals surface area contributed by atoms with Crippen LogP contribution in [0.2, 0.25) is 0 Å². The molecule has 0 unspecified atom stereocenters. The fourth-order valence-corrected chi connectivity index (χ4v) is 4.07. The van der Waals surface area contributed by atoms with Crippen LogP contribution in [0.15, 0.2) is 96.7 Å². The van der Waals surface area contributed by atoms with Crippen LogP contribution in [0.4, 0.5) is 5.69 Å². The van der Waals surface area contributed by atoms with Gasteiger partial charge in [-0.05, 0) is 35.4 Å². The number of nitriles is 1. The molecule has 1 amide bonds. The summed E-state index contributed by atoms with van der Waals surface area (Å²) in [6.07, 6.45) is 1.65. The van der Waals surface area contributed by atoms with Crippen molar-refractivity contribution in [2.24, 2.45) is 0 Å². The summed E-state index contributed by atoms with van der Waals surface area (Å²) in [5, 5.41) is 21.6. The predicted molar refractivity (Wildman–Crippen MR) is 128 cm³/mol. The summed E-state index contributed by atoms with van der Waals surface area (Å²) in [5.41, 5.74) is 3.08. The Labute approximate surface area is 194 Å². The van der Waals surface area contributed by atoms with Crippen LogP contribution in [0, 0.1) is 11.3 Å². The van der Waals surface area contributed by atoms with Crippen LogP contribution < -0.4 is 5.32 Å². The average Bonchev–Trinajstić information content (AvgIpc) is 2.86. The number of hydrogen-bond donors (Lipinski definition) is 2. The van der Waals surface area contributed by atoms with Gasteiger partial charge in [-0.3, -0.25) is 9.69 Å². The topological polar surface area (TPSA) is 79.6 Å². The molecule has 1 aliphatic heterocycles. The molecule has 0 saturated carbocycles. The van der Waals surface area contributed by atoms with Gasteiger partial charge in [-0.1, -0.05) is 60.7 Å². The third-order valence-electron chi connectivity index (χ3n) is 5.75. The molecule has 0 aromatic heterocycles. The smallest absolute Gasteiger partial charge is 0.267 e. The highest BCUT2D eigenvalue weighted by Gasteiger charge is 2.26. The molecule has 1 fully saturated rings. The molecule has 4 rings (SSSR count). The number of carbonyl (C=O) groups excluding carboxylic acids is 1. The lowest BCUT2D eigenvalue weighted by Gasteiger charge is -2.39. The number of hydrogen-bond acceptors (Lipinski definition) is 5. The SMILES string of the molecule is N#C/C(=C/N1CCN(C(c2ccccc2)c2ccccc2)CC1)C(=O)Nc1ccc(O)cc1. The molecule has 33 heavy (non-hydrogen) atoms. The third-order valence-corrected chi connectivity index (χ3v) is 5.75. The van der Waals surface area contributed by atoms with E-state index >= 15 is 0 Å². The normalized spacial score (nSPS) is 14.7. The number of phenols is 1. The number of phenolic OH excluding ortho intramolecular Hbond substituents is 1. The summed E-state index contributed by atoms with van der Waals surface area (Å²) in [6, 6.07) is 29.3. The van der Waals surface area contributed by atoms with Crippen molar-refractivity contribution >= 4 is 11.6 Å². The first-order valence-corrected chi connectivity index (χ1v) is 10.9. The van der Waals surface area contributed by atoms with Crippen molar-refractivity contribution in [3.05, 3.63) is 108 Å². The number of nitrogens with zero attached hydrogens (tertiary/aromatic N) is 3. The van der Waals surface area contributed by atoms with Crippen molar-refractivity contribution in [1.29, 1.82) is 5.26 Å². The van der Waals surface area contributed by atoms with E-state index in [1.54, 1.807) is 18.3 Å². The molecule has 2 N–H and O–H groups in total. The van der Waals surface area contributed by atoms with E-state index < -0.39 is 5.91 Å². The predicted octanol–water partition coefficient (Wildman–Crippen LogP) is 4.15. The van der Waals surface area contributed by atoms with E-state index in [1.165, 1.54) is 23.3 Å². The van der Waals surface area contributed by atoms with Crippen LogP contribution in [0.5, 0.6) is 5.75 Å². The van der Waals surface area contributed by atoms with Crippen molar-refractivity contribution in [2.75, 3.05) is 31.5 Å². The standard InChI is InChI=1S/C27H26N4O2/c28-19-23(27(33)29-24-11-13-25(32)14-12-24)20-30-15-17-31(18-16-30)26(21-7-3-1-4-8-21)22-9-5-2-6-10-22/h1-14,20,26,32H,15-18H2,(H,29,33)/b23-20-. The van der Waals surface area contributed by atoms with E-state index in [9.17, 15) is 15.2 Å². The lowest BCUT2D eigenvalue weighted by molar-refractivity contribution is -0.112. The molecule has 0 radical (unpaired) electrons. The van der Waals surface area contributed by atoms with Crippen LogP contribution in [0.1, 0.15) is 17.2 Å². The molecule has 3 aromatic carbocycles. The van der Waals surface area contributed by atoms with Crippen molar-refractivity contribution in [2.45, 2.75) is 6.04 Å². The molecule has 6 nitrogen and oxygen atoms in total. The minimum absolute atomic E-state index is 0.0548. The molecule has 3 aromatic rings. The maximum atomic E-state index is 12.5. The fourth-order valence-electron chi connectivity index (χ4n) is 4.07. The van der Waals surface area contributed by atoms with Crippen LogP contribution in [0.3, 0.4) is 0 Å². The Morgan fingerprint density at radius 1 is 0.879 bits per heavy atom. The van der Waals surface area contributed by atoms with Gasteiger partial charge in [0, 0.05) is 38.1 Å². The van der Waals surface area contributed by atoms with Gasteiger partial charge in [0.2, 0.25) is 0 Å². The van der Waals surface area contributed by atoms with Crippen molar-refractivity contribution in [1.82, 2.24) is 9.80 Å². The first-order valence-electron chi connectivity index (χ1n) is 10.9. The number of carbonyl (C=O) groups is 1. The summed E-state index contributed by atoms with van der Waals surface area (Å²) in [6.45, 7) is 3.05. The van der Waals surface area contributed by atoms with E-state index in [2.05, 4.69) is 58.7 Å². The summed E-state index contributed by atoms with van der Waals surface area (Å²) >= 11 is 0. The van der Waals surface area contributed by atoms with Crippen molar-refractivity contribution in [3.63, 3.8) is 0 Å². The van der Waals surface area contributed by atoms with E-state index in [4.69, 9.17) is 0 Å².